The van der Waals surface area contributed by atoms with Crippen molar-refractivity contribution in [3.05, 3.63) is 24.3 Å². The molecule has 0 bridgehead atoms. The highest BCUT2D eigenvalue weighted by Crippen LogP contribution is 2.27. The minimum atomic E-state index is -0.328. The molecule has 1 unspecified atom stereocenters. The number of benzene rings is 1. The van der Waals surface area contributed by atoms with Gasteiger partial charge in [0.05, 0.1) is 11.9 Å². The highest BCUT2D eigenvalue weighted by Gasteiger charge is 2.20. The van der Waals surface area contributed by atoms with Crippen molar-refractivity contribution in [1.82, 2.24) is 25.5 Å². The number of nitrogens with zero attached hydrogens (tertiary/aromatic N) is 4. The quantitative estimate of drug-likeness (QED) is 0.472. The first kappa shape index (κ1) is 20.2. The lowest BCUT2D eigenvalue weighted by atomic mass is 10.3. The van der Waals surface area contributed by atoms with Gasteiger partial charge in [-0.25, -0.2) is 0 Å². The fraction of sp³-hybridized carbons (Fsp3) is 0.529. The van der Waals surface area contributed by atoms with E-state index in [9.17, 15) is 4.79 Å². The van der Waals surface area contributed by atoms with Gasteiger partial charge in [-0.2, -0.15) is 4.68 Å². The van der Waals surface area contributed by atoms with Gasteiger partial charge in [-0.05, 0) is 49.8 Å². The van der Waals surface area contributed by atoms with Crippen molar-refractivity contribution in [1.29, 1.82) is 0 Å². The molecule has 0 spiro atoms. The number of rotatable bonds is 11. The van der Waals surface area contributed by atoms with Crippen LogP contribution < -0.4 is 10.1 Å². The Morgan fingerprint density at radius 2 is 2.12 bits per heavy atom. The summed E-state index contributed by atoms with van der Waals surface area (Å²) in [4.78, 5) is 12.2. The molecule has 0 aliphatic heterocycles. The summed E-state index contributed by atoms with van der Waals surface area (Å²) in [7, 11) is 0. The van der Waals surface area contributed by atoms with Crippen LogP contribution in [-0.4, -0.2) is 57.7 Å². The van der Waals surface area contributed by atoms with E-state index in [2.05, 4.69) is 20.8 Å². The number of hydrogen-bond donors (Lipinski definition) is 1. The summed E-state index contributed by atoms with van der Waals surface area (Å²) in [5.41, 5.74) is 0.742. The van der Waals surface area contributed by atoms with Gasteiger partial charge in [0.2, 0.25) is 11.1 Å². The summed E-state index contributed by atoms with van der Waals surface area (Å²) in [6.45, 7) is 8.16. The Labute approximate surface area is 157 Å². The van der Waals surface area contributed by atoms with Crippen molar-refractivity contribution in [3.63, 3.8) is 0 Å². The van der Waals surface area contributed by atoms with Crippen LogP contribution in [0.25, 0.3) is 5.69 Å². The van der Waals surface area contributed by atoms with E-state index in [1.54, 1.807) is 4.68 Å². The smallest absolute Gasteiger partial charge is 0.233 e. The van der Waals surface area contributed by atoms with Gasteiger partial charge in [-0.3, -0.25) is 4.79 Å². The molecule has 1 atom stereocenters. The Morgan fingerprint density at radius 3 is 2.88 bits per heavy atom. The van der Waals surface area contributed by atoms with Gasteiger partial charge < -0.3 is 14.8 Å². The van der Waals surface area contributed by atoms with Crippen LogP contribution in [0.1, 0.15) is 27.2 Å². The van der Waals surface area contributed by atoms with E-state index < -0.39 is 0 Å². The van der Waals surface area contributed by atoms with Crippen LogP contribution in [0.4, 0.5) is 0 Å². The maximum Gasteiger partial charge on any atom is 0.233 e. The van der Waals surface area contributed by atoms with Crippen LogP contribution in [0.2, 0.25) is 0 Å². The molecule has 0 saturated carbocycles. The predicted octanol–water partition coefficient (Wildman–Crippen LogP) is 2.08. The summed E-state index contributed by atoms with van der Waals surface area (Å²) in [6.07, 6.45) is 0.788. The van der Waals surface area contributed by atoms with Gasteiger partial charge in [0.15, 0.2) is 0 Å². The number of hydrogen-bond acceptors (Lipinski definition) is 7. The van der Waals surface area contributed by atoms with Crippen molar-refractivity contribution < 1.29 is 14.3 Å². The fourth-order valence-electron chi connectivity index (χ4n) is 2.20. The monoisotopic (exact) mass is 379 g/mol. The van der Waals surface area contributed by atoms with Crippen molar-refractivity contribution in [2.24, 2.45) is 0 Å². The first-order valence-corrected chi connectivity index (χ1v) is 9.58. The maximum absolute atomic E-state index is 12.2. The zero-order valence-corrected chi connectivity index (χ0v) is 16.2. The standard InChI is InChI=1S/C17H25N5O3S/c1-4-24-12-8-11-18-16(23)13(3)26-17-19-20-21-22(17)14-9-6-7-10-15(14)25-5-2/h6-7,9-10,13H,4-5,8,11-12H2,1-3H3,(H,18,23). The van der Waals surface area contributed by atoms with Crippen molar-refractivity contribution in [2.75, 3.05) is 26.4 Å². The van der Waals surface area contributed by atoms with Crippen molar-refractivity contribution in [2.45, 2.75) is 37.6 Å². The van der Waals surface area contributed by atoms with Crippen LogP contribution in [0, 0.1) is 0 Å². The first-order valence-electron chi connectivity index (χ1n) is 8.70. The number of nitrogens with one attached hydrogen (secondary N) is 1. The SMILES string of the molecule is CCOCCCNC(=O)C(C)Sc1nnnn1-c1ccccc1OCC. The lowest BCUT2D eigenvalue weighted by Crippen LogP contribution is -2.32. The second-order valence-corrected chi connectivity index (χ2v) is 6.68. The molecule has 9 heteroatoms. The van der Waals surface area contributed by atoms with Gasteiger partial charge in [0.25, 0.3) is 0 Å². The Bertz CT molecular complexity index is 695. The Morgan fingerprint density at radius 1 is 1.31 bits per heavy atom. The van der Waals surface area contributed by atoms with E-state index in [1.165, 1.54) is 11.8 Å². The predicted molar refractivity (Wildman–Crippen MR) is 99.8 cm³/mol. The third-order valence-electron chi connectivity index (χ3n) is 3.45. The number of aromatic nitrogens is 4. The average molecular weight is 379 g/mol. The highest BCUT2D eigenvalue weighted by atomic mass is 32.2. The van der Waals surface area contributed by atoms with Crippen LogP contribution in [0.5, 0.6) is 5.75 Å². The molecule has 1 aromatic heterocycles. The van der Waals surface area contributed by atoms with E-state index in [1.807, 2.05) is 45.0 Å². The van der Waals surface area contributed by atoms with Crippen LogP contribution in [0.3, 0.4) is 0 Å². The molecule has 8 nitrogen and oxygen atoms in total. The van der Waals surface area contributed by atoms with Gasteiger partial charge in [-0.15, -0.1) is 5.10 Å². The molecular formula is C17H25N5O3S. The highest BCUT2D eigenvalue weighted by molar-refractivity contribution is 8.00. The largest absolute Gasteiger partial charge is 0.492 e. The van der Waals surface area contributed by atoms with Gasteiger partial charge >= 0.3 is 0 Å². The molecule has 142 valence electrons. The molecule has 2 rings (SSSR count). The summed E-state index contributed by atoms with van der Waals surface area (Å²) >= 11 is 1.30. The third kappa shape index (κ3) is 5.70. The number of tetrazole rings is 1. The molecule has 1 heterocycles. The second kappa shape index (κ2) is 10.8. The lowest BCUT2D eigenvalue weighted by molar-refractivity contribution is -0.120. The van der Waals surface area contributed by atoms with Gasteiger partial charge in [-0.1, -0.05) is 23.9 Å². The van der Waals surface area contributed by atoms with E-state index in [-0.39, 0.29) is 11.2 Å². The minimum absolute atomic E-state index is 0.0564. The number of amides is 1. The Kier molecular flexibility index (Phi) is 8.36. The van der Waals surface area contributed by atoms with Crippen LogP contribution >= 0.6 is 11.8 Å². The van der Waals surface area contributed by atoms with E-state index >= 15 is 0 Å². The van der Waals surface area contributed by atoms with Crippen LogP contribution in [0.15, 0.2) is 29.4 Å². The van der Waals surface area contributed by atoms with Gasteiger partial charge in [0, 0.05) is 19.8 Å². The van der Waals surface area contributed by atoms with Crippen molar-refractivity contribution >= 4 is 17.7 Å². The summed E-state index contributed by atoms with van der Waals surface area (Å²) < 4.78 is 12.5. The Balaban J connectivity index is 1.99. The van der Waals surface area contributed by atoms with Gasteiger partial charge in [0.1, 0.15) is 11.4 Å². The fourth-order valence-corrected chi connectivity index (χ4v) is 3.02. The second-order valence-electron chi connectivity index (χ2n) is 5.38. The number of ether oxygens (including phenoxy) is 2. The zero-order valence-electron chi connectivity index (χ0n) is 15.3. The normalized spacial score (nSPS) is 12.0. The summed E-state index contributed by atoms with van der Waals surface area (Å²) in [5.74, 6) is 0.635. The molecule has 0 aliphatic rings. The number of carbonyl (C=O) groups is 1. The summed E-state index contributed by atoms with van der Waals surface area (Å²) in [5, 5.41) is 14.9. The molecule has 0 aliphatic carbocycles. The molecule has 0 saturated heterocycles. The molecule has 1 aromatic carbocycles. The molecule has 26 heavy (non-hydrogen) atoms. The van der Waals surface area contributed by atoms with Crippen LogP contribution in [-0.2, 0) is 9.53 Å². The molecule has 1 amide bonds. The Hall–Kier alpha value is -2.13. The maximum atomic E-state index is 12.2. The minimum Gasteiger partial charge on any atom is -0.492 e. The third-order valence-corrected chi connectivity index (χ3v) is 4.49. The number of carbonyl (C=O) groups excluding carboxylic acids is 1. The first-order chi connectivity index (χ1) is 12.7. The molecule has 1 N–H and O–H groups in total. The summed E-state index contributed by atoms with van der Waals surface area (Å²) in [6, 6.07) is 7.53. The zero-order chi connectivity index (χ0) is 18.8. The molecule has 2 aromatic rings. The topological polar surface area (TPSA) is 91.2 Å². The van der Waals surface area contributed by atoms with E-state index in [0.29, 0.717) is 37.3 Å². The molecule has 0 fully saturated rings. The molecule has 0 radical (unpaired) electrons. The number of thioether (sulfide) groups is 1. The molecular weight excluding hydrogens is 354 g/mol. The van der Waals surface area contributed by atoms with Crippen molar-refractivity contribution in [3.8, 4) is 11.4 Å². The average Bonchev–Trinajstić information content (AvgIpc) is 3.10. The lowest BCUT2D eigenvalue weighted by Gasteiger charge is -2.13. The van der Waals surface area contributed by atoms with E-state index in [4.69, 9.17) is 9.47 Å². The number of para-hydroxylation sites is 2. The van der Waals surface area contributed by atoms with E-state index in [0.717, 1.165) is 12.1 Å².